The van der Waals surface area contributed by atoms with Crippen LogP contribution in [-0.2, 0) is 6.18 Å². The van der Waals surface area contributed by atoms with Crippen LogP contribution in [0, 0.1) is 0 Å². The molecule has 1 saturated heterocycles. The van der Waals surface area contributed by atoms with Crippen LogP contribution in [-0.4, -0.2) is 62.1 Å². The van der Waals surface area contributed by atoms with Crippen molar-refractivity contribution in [1.82, 2.24) is 20.2 Å². The molecule has 0 spiro atoms. The topological polar surface area (TPSA) is 107 Å². The molecule has 0 aromatic carbocycles. The summed E-state index contributed by atoms with van der Waals surface area (Å²) in [5, 5.41) is 15.3. The molecule has 12 heteroatoms. The molecular formula is C26H36F3N5O3S. The predicted molar refractivity (Wildman–Crippen MR) is 141 cm³/mol. The van der Waals surface area contributed by atoms with Crippen LogP contribution >= 0.6 is 11.3 Å². The maximum absolute atomic E-state index is 14.3. The average Bonchev–Trinajstić information content (AvgIpc) is 3.26. The summed E-state index contributed by atoms with van der Waals surface area (Å²) >= 11 is 0.706. The normalized spacial score (nSPS) is 16.9. The number of carbonyl (C=O) groups is 2. The fraction of sp³-hybridized carbons (Fsp3) is 0.615. The largest absolute Gasteiger partial charge is 0.417 e. The molecule has 1 fully saturated rings. The van der Waals surface area contributed by atoms with Crippen LogP contribution in [0.3, 0.4) is 0 Å². The number of pyridine rings is 1. The Balaban J connectivity index is 2.14. The minimum absolute atomic E-state index is 0.0538. The Bertz CT molecular complexity index is 1170. The van der Waals surface area contributed by atoms with E-state index < -0.39 is 34.7 Å². The third-order valence-corrected chi connectivity index (χ3v) is 7.66. The van der Waals surface area contributed by atoms with Gasteiger partial charge in [-0.2, -0.15) is 13.2 Å². The summed E-state index contributed by atoms with van der Waals surface area (Å²) in [5.41, 5.74) is -3.20. The van der Waals surface area contributed by atoms with Crippen molar-refractivity contribution in [1.29, 1.82) is 0 Å². The smallest absolute Gasteiger partial charge is 0.389 e. The Morgan fingerprint density at radius 1 is 1.21 bits per heavy atom. The summed E-state index contributed by atoms with van der Waals surface area (Å²) in [7, 11) is 0. The number of piperidine rings is 1. The molecule has 2 aromatic heterocycles. The van der Waals surface area contributed by atoms with Gasteiger partial charge in [0.2, 0.25) is 0 Å². The molecule has 1 unspecified atom stereocenters. The van der Waals surface area contributed by atoms with Gasteiger partial charge in [-0.3, -0.25) is 9.59 Å². The highest BCUT2D eigenvalue weighted by molar-refractivity contribution is 7.17. The lowest BCUT2D eigenvalue weighted by molar-refractivity contribution is -0.137. The molecule has 8 nitrogen and oxygen atoms in total. The van der Waals surface area contributed by atoms with Gasteiger partial charge >= 0.3 is 6.18 Å². The van der Waals surface area contributed by atoms with E-state index in [1.165, 1.54) is 13.8 Å². The number of aliphatic hydroxyl groups is 1. The Morgan fingerprint density at radius 3 is 2.47 bits per heavy atom. The lowest BCUT2D eigenvalue weighted by atomic mass is 10.0. The number of amides is 2. The van der Waals surface area contributed by atoms with Crippen LogP contribution in [0.5, 0.6) is 0 Å². The zero-order valence-corrected chi connectivity index (χ0v) is 23.4. The number of nitrogens with one attached hydrogen (secondary N) is 2. The van der Waals surface area contributed by atoms with Gasteiger partial charge < -0.3 is 20.6 Å². The van der Waals surface area contributed by atoms with Gasteiger partial charge in [-0.25, -0.2) is 9.97 Å². The maximum Gasteiger partial charge on any atom is 0.417 e. The molecule has 3 N–H and O–H groups in total. The van der Waals surface area contributed by atoms with Crippen LogP contribution < -0.4 is 10.6 Å². The van der Waals surface area contributed by atoms with E-state index in [2.05, 4.69) is 20.6 Å². The van der Waals surface area contributed by atoms with Crippen molar-refractivity contribution in [2.45, 2.75) is 90.6 Å². The van der Waals surface area contributed by atoms with Gasteiger partial charge in [-0.05, 0) is 66.4 Å². The molecule has 38 heavy (non-hydrogen) atoms. The minimum atomic E-state index is -4.75. The van der Waals surface area contributed by atoms with Crippen molar-refractivity contribution in [3.63, 3.8) is 0 Å². The molecule has 210 valence electrons. The summed E-state index contributed by atoms with van der Waals surface area (Å²) in [6, 6.07) is 0.819. The Kier molecular flexibility index (Phi) is 8.77. The standard InChI is InChI=1S/C26H36F3N5O3S/c1-7-24(3,4)33-18-12-17(26(27,28)29)16(13-30-18)20-19(23(36)34-11-9-8-10-15(34)2)32-22(38-20)21(35)31-14-25(5,6)37/h12-13,15,37H,7-11,14H2,1-6H3,(H,30,33)(H,31,35). The molecule has 0 aliphatic carbocycles. The third-order valence-electron chi connectivity index (χ3n) is 6.57. The molecule has 1 aliphatic rings. The quantitative estimate of drug-likeness (QED) is 0.406. The van der Waals surface area contributed by atoms with Gasteiger partial charge in [0.05, 0.1) is 16.0 Å². The number of halogens is 3. The number of nitrogens with zero attached hydrogens (tertiary/aromatic N) is 3. The van der Waals surface area contributed by atoms with Crippen molar-refractivity contribution in [2.24, 2.45) is 0 Å². The first-order chi connectivity index (χ1) is 17.5. The van der Waals surface area contributed by atoms with Gasteiger partial charge in [0.1, 0.15) is 11.5 Å². The first-order valence-corrected chi connectivity index (χ1v) is 13.5. The number of likely N-dealkylation sites (tertiary alicyclic amines) is 1. The van der Waals surface area contributed by atoms with Gasteiger partial charge in [-0.15, -0.1) is 11.3 Å². The van der Waals surface area contributed by atoms with Crippen LogP contribution in [0.1, 0.15) is 93.1 Å². The number of hydrogen-bond acceptors (Lipinski definition) is 7. The van der Waals surface area contributed by atoms with E-state index in [4.69, 9.17) is 0 Å². The minimum Gasteiger partial charge on any atom is -0.389 e. The second-order valence-corrected chi connectivity index (χ2v) is 12.0. The number of carbonyl (C=O) groups excluding carboxylic acids is 2. The fourth-order valence-corrected chi connectivity index (χ4v) is 5.02. The van der Waals surface area contributed by atoms with E-state index in [1.54, 1.807) is 4.90 Å². The molecule has 3 rings (SSSR count). The van der Waals surface area contributed by atoms with Crippen molar-refractivity contribution < 1.29 is 27.9 Å². The van der Waals surface area contributed by atoms with Crippen LogP contribution in [0.2, 0.25) is 0 Å². The van der Waals surface area contributed by atoms with Gasteiger partial charge in [-0.1, -0.05) is 6.92 Å². The summed E-state index contributed by atoms with van der Waals surface area (Å²) in [6.45, 7) is 10.9. The van der Waals surface area contributed by atoms with E-state index in [0.717, 1.165) is 31.5 Å². The van der Waals surface area contributed by atoms with E-state index >= 15 is 0 Å². The zero-order chi connectivity index (χ0) is 28.5. The van der Waals surface area contributed by atoms with Crippen molar-refractivity contribution in [3.05, 3.63) is 28.5 Å². The predicted octanol–water partition coefficient (Wildman–Crippen LogP) is 5.34. The molecule has 2 aromatic rings. The van der Waals surface area contributed by atoms with Gasteiger partial charge in [0, 0.05) is 36.4 Å². The summed E-state index contributed by atoms with van der Waals surface area (Å²) < 4.78 is 43.0. The number of alkyl halides is 3. The molecule has 0 saturated carbocycles. The van der Waals surface area contributed by atoms with Crippen molar-refractivity contribution >= 4 is 29.0 Å². The van der Waals surface area contributed by atoms with Crippen molar-refractivity contribution in [3.8, 4) is 10.4 Å². The lowest BCUT2D eigenvalue weighted by Crippen LogP contribution is -2.42. The second kappa shape index (κ2) is 11.2. The number of rotatable bonds is 8. The van der Waals surface area contributed by atoms with Gasteiger partial charge in [0.15, 0.2) is 5.01 Å². The summed E-state index contributed by atoms with van der Waals surface area (Å²) in [4.78, 5) is 36.4. The Labute approximate surface area is 225 Å². The van der Waals surface area contributed by atoms with Crippen LogP contribution in [0.25, 0.3) is 10.4 Å². The fourth-order valence-electron chi connectivity index (χ4n) is 4.03. The Morgan fingerprint density at radius 2 is 1.89 bits per heavy atom. The number of anilines is 1. The van der Waals surface area contributed by atoms with E-state index in [0.29, 0.717) is 24.3 Å². The first-order valence-electron chi connectivity index (χ1n) is 12.7. The Hall–Kier alpha value is -2.73. The highest BCUT2D eigenvalue weighted by Gasteiger charge is 2.38. The highest BCUT2D eigenvalue weighted by Crippen LogP contribution is 2.42. The van der Waals surface area contributed by atoms with E-state index in [-0.39, 0.29) is 39.5 Å². The molecule has 0 radical (unpaired) electrons. The van der Waals surface area contributed by atoms with Crippen LogP contribution in [0.4, 0.5) is 19.0 Å². The molecular weight excluding hydrogens is 519 g/mol. The number of hydrogen-bond donors (Lipinski definition) is 3. The third kappa shape index (κ3) is 7.22. The second-order valence-electron chi connectivity index (χ2n) is 11.0. The first kappa shape index (κ1) is 29.8. The van der Waals surface area contributed by atoms with E-state index in [9.17, 15) is 27.9 Å². The summed E-state index contributed by atoms with van der Waals surface area (Å²) in [5.74, 6) is -1.15. The average molecular weight is 556 g/mol. The van der Waals surface area contributed by atoms with E-state index in [1.807, 2.05) is 27.7 Å². The molecule has 0 bridgehead atoms. The SMILES string of the molecule is CCC(C)(C)Nc1cc(C(F)(F)F)c(-c2sc(C(=O)NCC(C)(C)O)nc2C(=O)N2CCCCC2C)cn1. The summed E-state index contributed by atoms with van der Waals surface area (Å²) in [6.07, 6.45) is -0.520. The monoisotopic (exact) mass is 555 g/mol. The van der Waals surface area contributed by atoms with Crippen molar-refractivity contribution in [2.75, 3.05) is 18.4 Å². The maximum atomic E-state index is 14.3. The molecule has 2 amide bonds. The zero-order valence-electron chi connectivity index (χ0n) is 22.6. The highest BCUT2D eigenvalue weighted by atomic mass is 32.1. The lowest BCUT2D eigenvalue weighted by Gasteiger charge is -2.33. The number of aromatic nitrogens is 2. The van der Waals surface area contributed by atoms with Crippen LogP contribution in [0.15, 0.2) is 12.3 Å². The number of thiazole rings is 1. The van der Waals surface area contributed by atoms with Gasteiger partial charge in [0.25, 0.3) is 11.8 Å². The molecule has 1 atom stereocenters. The molecule has 3 heterocycles. The molecule has 1 aliphatic heterocycles.